The summed E-state index contributed by atoms with van der Waals surface area (Å²) in [5.41, 5.74) is 2.28. The summed E-state index contributed by atoms with van der Waals surface area (Å²) >= 11 is 0. The third kappa shape index (κ3) is 4.99. The van der Waals surface area contributed by atoms with Crippen molar-refractivity contribution in [2.24, 2.45) is 0 Å². The minimum absolute atomic E-state index is 0.0183. The number of fused-ring (bicyclic) bond motifs is 1. The second-order valence-corrected chi connectivity index (χ2v) is 9.02. The van der Waals surface area contributed by atoms with E-state index in [1.54, 1.807) is 24.3 Å². The van der Waals surface area contributed by atoms with Gasteiger partial charge < -0.3 is 20.0 Å². The Kier molecular flexibility index (Phi) is 6.19. The van der Waals surface area contributed by atoms with E-state index in [9.17, 15) is 22.8 Å². The summed E-state index contributed by atoms with van der Waals surface area (Å²) in [5.74, 6) is -0.778. The van der Waals surface area contributed by atoms with Crippen LogP contribution < -0.4 is 15.7 Å². The van der Waals surface area contributed by atoms with Gasteiger partial charge in [0, 0.05) is 17.8 Å². The van der Waals surface area contributed by atoms with E-state index in [0.29, 0.717) is 22.2 Å². The van der Waals surface area contributed by atoms with E-state index < -0.39 is 21.7 Å². The zero-order valence-corrected chi connectivity index (χ0v) is 18.7. The van der Waals surface area contributed by atoms with Crippen molar-refractivity contribution in [1.82, 2.24) is 15.3 Å². The molecule has 0 fully saturated rings. The van der Waals surface area contributed by atoms with E-state index in [1.807, 2.05) is 0 Å². The normalized spacial score (nSPS) is 11.2. The molecule has 0 saturated heterocycles. The molecule has 1 amide bonds. The Hall–Kier alpha value is -4.38. The summed E-state index contributed by atoms with van der Waals surface area (Å²) < 4.78 is 32.5. The molecule has 0 aliphatic carbocycles. The van der Waals surface area contributed by atoms with Crippen LogP contribution in [-0.2, 0) is 21.3 Å². The fraction of sp³-hybridized carbons (Fsp3) is 0.0870. The van der Waals surface area contributed by atoms with Crippen LogP contribution >= 0.6 is 0 Å². The van der Waals surface area contributed by atoms with Crippen LogP contribution in [0.3, 0.4) is 0 Å². The van der Waals surface area contributed by atoms with Crippen LogP contribution in [0.5, 0.6) is 0 Å². The predicted octanol–water partition coefficient (Wildman–Crippen LogP) is 2.37. The number of imidazole rings is 1. The molecule has 4 aromatic rings. The molecule has 1 aromatic heterocycles. The largest absolute Gasteiger partial charge is 0.465 e. The number of carbonyl (C=O) groups excluding carboxylic acids is 2. The summed E-state index contributed by atoms with van der Waals surface area (Å²) in [6, 6.07) is 16.8. The van der Waals surface area contributed by atoms with Crippen molar-refractivity contribution in [1.29, 1.82) is 0 Å². The van der Waals surface area contributed by atoms with E-state index >= 15 is 0 Å². The standard InChI is InChI=1S/C23H20N4O6S/c1-33-22(29)16-4-2-14(3-5-16)13-24-21(28)15-6-8-17(9-7-15)27-34(31,32)18-10-11-19-20(12-18)26-23(30)25-19/h2-12,27H,13H2,1H3,(H,24,28)(H2,25,26,30). The number of hydrogen-bond acceptors (Lipinski definition) is 6. The quantitative estimate of drug-likeness (QED) is 0.298. The molecule has 1 heterocycles. The van der Waals surface area contributed by atoms with Crippen LogP contribution in [0.15, 0.2) is 76.4 Å². The average Bonchev–Trinajstić information content (AvgIpc) is 3.22. The van der Waals surface area contributed by atoms with Crippen molar-refractivity contribution < 1.29 is 22.7 Å². The minimum Gasteiger partial charge on any atom is -0.465 e. The Morgan fingerprint density at radius 2 is 1.53 bits per heavy atom. The third-order valence-electron chi connectivity index (χ3n) is 5.03. The molecule has 0 aliphatic heterocycles. The first-order valence-corrected chi connectivity index (χ1v) is 11.5. The second-order valence-electron chi connectivity index (χ2n) is 7.34. The maximum absolute atomic E-state index is 12.7. The van der Waals surface area contributed by atoms with Crippen molar-refractivity contribution in [3.05, 3.63) is 93.9 Å². The zero-order valence-electron chi connectivity index (χ0n) is 17.9. The highest BCUT2D eigenvalue weighted by atomic mass is 32.2. The van der Waals surface area contributed by atoms with Gasteiger partial charge in [0.05, 0.1) is 28.6 Å². The van der Waals surface area contributed by atoms with Gasteiger partial charge in [-0.25, -0.2) is 18.0 Å². The van der Waals surface area contributed by atoms with Crippen LogP contribution in [0.25, 0.3) is 11.0 Å². The molecule has 0 radical (unpaired) electrons. The molecular weight excluding hydrogens is 460 g/mol. The summed E-state index contributed by atoms with van der Waals surface area (Å²) in [4.78, 5) is 40.3. The number of ether oxygens (including phenoxy) is 1. The van der Waals surface area contributed by atoms with E-state index in [-0.39, 0.29) is 23.0 Å². The zero-order chi connectivity index (χ0) is 24.3. The van der Waals surface area contributed by atoms with Gasteiger partial charge in [0.15, 0.2) is 0 Å². The number of hydrogen-bond donors (Lipinski definition) is 4. The van der Waals surface area contributed by atoms with Gasteiger partial charge >= 0.3 is 11.7 Å². The number of esters is 1. The van der Waals surface area contributed by atoms with Gasteiger partial charge in [0.1, 0.15) is 0 Å². The lowest BCUT2D eigenvalue weighted by Gasteiger charge is -2.10. The van der Waals surface area contributed by atoms with Gasteiger partial charge in [-0.3, -0.25) is 9.52 Å². The molecule has 11 heteroatoms. The van der Waals surface area contributed by atoms with Gasteiger partial charge in [0.2, 0.25) is 0 Å². The van der Waals surface area contributed by atoms with Gasteiger partial charge in [-0.15, -0.1) is 0 Å². The van der Waals surface area contributed by atoms with Gasteiger partial charge in [-0.05, 0) is 60.2 Å². The summed E-state index contributed by atoms with van der Waals surface area (Å²) in [5, 5.41) is 2.76. The third-order valence-corrected chi connectivity index (χ3v) is 6.40. The highest BCUT2D eigenvalue weighted by molar-refractivity contribution is 7.92. The van der Waals surface area contributed by atoms with E-state index in [2.05, 4.69) is 24.7 Å². The molecule has 4 N–H and O–H groups in total. The minimum atomic E-state index is -3.91. The van der Waals surface area contributed by atoms with Crippen molar-refractivity contribution in [3.63, 3.8) is 0 Å². The molecule has 3 aromatic carbocycles. The average molecular weight is 481 g/mol. The molecule has 0 saturated carbocycles. The number of amides is 1. The van der Waals surface area contributed by atoms with E-state index in [0.717, 1.165) is 5.56 Å². The highest BCUT2D eigenvalue weighted by Crippen LogP contribution is 2.19. The Balaban J connectivity index is 1.39. The number of aromatic amines is 2. The maximum atomic E-state index is 12.7. The smallest absolute Gasteiger partial charge is 0.337 e. The topological polar surface area (TPSA) is 150 Å². The number of carbonyl (C=O) groups is 2. The van der Waals surface area contributed by atoms with Crippen LogP contribution in [0.4, 0.5) is 5.69 Å². The van der Waals surface area contributed by atoms with Crippen molar-refractivity contribution in [2.75, 3.05) is 11.8 Å². The van der Waals surface area contributed by atoms with E-state index in [4.69, 9.17) is 0 Å². The monoisotopic (exact) mass is 480 g/mol. The number of methoxy groups -OCH3 is 1. The number of sulfonamides is 1. The SMILES string of the molecule is COC(=O)c1ccc(CNC(=O)c2ccc(NS(=O)(=O)c3ccc4[nH]c(=O)[nH]c4c3)cc2)cc1. The molecule has 34 heavy (non-hydrogen) atoms. The first-order valence-electron chi connectivity index (χ1n) is 10.1. The van der Waals surface area contributed by atoms with Crippen LogP contribution in [0.2, 0.25) is 0 Å². The Morgan fingerprint density at radius 3 is 2.21 bits per heavy atom. The van der Waals surface area contributed by atoms with Gasteiger partial charge in [0.25, 0.3) is 15.9 Å². The molecule has 0 aliphatic rings. The lowest BCUT2D eigenvalue weighted by atomic mass is 10.1. The molecule has 4 rings (SSSR count). The Morgan fingerprint density at radius 1 is 0.882 bits per heavy atom. The second kappa shape index (κ2) is 9.24. The fourth-order valence-corrected chi connectivity index (χ4v) is 4.33. The number of aromatic nitrogens is 2. The number of nitrogens with one attached hydrogen (secondary N) is 4. The van der Waals surface area contributed by atoms with Crippen LogP contribution in [0.1, 0.15) is 26.3 Å². The first kappa shape index (κ1) is 22.8. The Bertz CT molecular complexity index is 1520. The molecule has 0 bridgehead atoms. The van der Waals surface area contributed by atoms with Gasteiger partial charge in [-0.2, -0.15) is 0 Å². The van der Waals surface area contributed by atoms with Crippen molar-refractivity contribution in [2.45, 2.75) is 11.4 Å². The van der Waals surface area contributed by atoms with Crippen molar-refractivity contribution >= 4 is 38.6 Å². The number of anilines is 1. The van der Waals surface area contributed by atoms with Crippen LogP contribution in [0, 0.1) is 0 Å². The fourth-order valence-electron chi connectivity index (χ4n) is 3.24. The summed E-state index contributed by atoms with van der Waals surface area (Å²) in [6.07, 6.45) is 0. The van der Waals surface area contributed by atoms with Gasteiger partial charge in [-0.1, -0.05) is 12.1 Å². The molecule has 0 atom stereocenters. The maximum Gasteiger partial charge on any atom is 0.337 e. The first-order chi connectivity index (χ1) is 16.2. The number of benzene rings is 3. The van der Waals surface area contributed by atoms with Crippen molar-refractivity contribution in [3.8, 4) is 0 Å². The molecular formula is C23H20N4O6S. The summed E-state index contributed by atoms with van der Waals surface area (Å²) in [6.45, 7) is 0.248. The highest BCUT2D eigenvalue weighted by Gasteiger charge is 2.16. The Labute approximate surface area is 194 Å². The summed E-state index contributed by atoms with van der Waals surface area (Å²) in [7, 11) is -2.60. The lowest BCUT2D eigenvalue weighted by Crippen LogP contribution is -2.22. The number of rotatable bonds is 7. The molecule has 10 nitrogen and oxygen atoms in total. The predicted molar refractivity (Wildman–Crippen MR) is 125 cm³/mol. The molecule has 0 unspecified atom stereocenters. The number of H-pyrrole nitrogens is 2. The van der Waals surface area contributed by atoms with Crippen LogP contribution in [-0.4, -0.2) is 37.4 Å². The van der Waals surface area contributed by atoms with E-state index in [1.165, 1.54) is 49.6 Å². The molecule has 174 valence electrons. The lowest BCUT2D eigenvalue weighted by molar-refractivity contribution is 0.0600. The molecule has 0 spiro atoms.